The van der Waals surface area contributed by atoms with Crippen molar-refractivity contribution in [3.63, 3.8) is 0 Å². The van der Waals surface area contributed by atoms with Crippen LogP contribution in [0.1, 0.15) is 12.6 Å². The first-order valence-electron chi connectivity index (χ1n) is 7.31. The predicted octanol–water partition coefficient (Wildman–Crippen LogP) is 4.68. The molecule has 2 aromatic carbocycles. The van der Waals surface area contributed by atoms with Crippen molar-refractivity contribution in [2.45, 2.75) is 6.92 Å². The SMILES string of the molecule is C/C(=N\Nc1nc2ccccc2s1)c1cc2ccccc2cn1. The molecule has 0 amide bonds. The van der Waals surface area contributed by atoms with Gasteiger partial charge in [-0.1, -0.05) is 47.7 Å². The third-order valence-corrected chi connectivity index (χ3v) is 4.56. The molecule has 2 aromatic heterocycles. The molecular weight excluding hydrogens is 304 g/mol. The molecule has 0 unspecified atom stereocenters. The predicted molar refractivity (Wildman–Crippen MR) is 97.2 cm³/mol. The Labute approximate surface area is 137 Å². The summed E-state index contributed by atoms with van der Waals surface area (Å²) in [5.74, 6) is 0. The van der Waals surface area contributed by atoms with E-state index in [0.717, 1.165) is 37.5 Å². The molecule has 0 bridgehead atoms. The van der Waals surface area contributed by atoms with Gasteiger partial charge < -0.3 is 0 Å². The Morgan fingerprint density at radius 2 is 1.83 bits per heavy atom. The molecule has 0 atom stereocenters. The summed E-state index contributed by atoms with van der Waals surface area (Å²) in [7, 11) is 0. The molecule has 4 nitrogen and oxygen atoms in total. The van der Waals surface area contributed by atoms with E-state index >= 15 is 0 Å². The van der Waals surface area contributed by atoms with Crippen LogP contribution in [-0.4, -0.2) is 15.7 Å². The fourth-order valence-corrected chi connectivity index (χ4v) is 3.20. The lowest BCUT2D eigenvalue weighted by molar-refractivity contribution is 1.25. The number of para-hydroxylation sites is 1. The second kappa shape index (κ2) is 5.78. The minimum Gasteiger partial charge on any atom is -0.254 e. The maximum atomic E-state index is 4.51. The number of nitrogens with one attached hydrogen (secondary N) is 1. The largest absolute Gasteiger partial charge is 0.254 e. The number of hydrazone groups is 1. The number of pyridine rings is 1. The second-order valence-corrected chi connectivity index (χ2v) is 6.24. The highest BCUT2D eigenvalue weighted by molar-refractivity contribution is 7.22. The van der Waals surface area contributed by atoms with Gasteiger partial charge in [0.2, 0.25) is 5.13 Å². The van der Waals surface area contributed by atoms with Crippen molar-refractivity contribution in [2.24, 2.45) is 5.10 Å². The molecule has 0 spiro atoms. The maximum absolute atomic E-state index is 4.51. The zero-order chi connectivity index (χ0) is 15.6. The minimum absolute atomic E-state index is 0.784. The molecule has 0 aliphatic carbocycles. The zero-order valence-corrected chi connectivity index (χ0v) is 13.3. The molecule has 2 heterocycles. The summed E-state index contributed by atoms with van der Waals surface area (Å²) in [6.07, 6.45) is 1.88. The van der Waals surface area contributed by atoms with Crippen molar-refractivity contribution in [2.75, 3.05) is 5.43 Å². The number of rotatable bonds is 3. The monoisotopic (exact) mass is 318 g/mol. The molecule has 0 aliphatic rings. The van der Waals surface area contributed by atoms with Gasteiger partial charge in [-0.2, -0.15) is 5.10 Å². The fraction of sp³-hybridized carbons (Fsp3) is 0.0556. The van der Waals surface area contributed by atoms with Crippen LogP contribution < -0.4 is 5.43 Å². The first-order chi connectivity index (χ1) is 11.3. The summed E-state index contributed by atoms with van der Waals surface area (Å²) in [6, 6.07) is 18.3. The van der Waals surface area contributed by atoms with Gasteiger partial charge in [-0.25, -0.2) is 4.98 Å². The van der Waals surface area contributed by atoms with Crippen molar-refractivity contribution in [1.29, 1.82) is 0 Å². The molecule has 0 saturated heterocycles. The van der Waals surface area contributed by atoms with Crippen LogP contribution in [0, 0.1) is 0 Å². The van der Waals surface area contributed by atoms with Gasteiger partial charge in [-0.3, -0.25) is 10.4 Å². The Morgan fingerprint density at radius 3 is 2.70 bits per heavy atom. The van der Waals surface area contributed by atoms with Crippen LogP contribution in [0.25, 0.3) is 21.0 Å². The van der Waals surface area contributed by atoms with Gasteiger partial charge in [0.1, 0.15) is 0 Å². The molecule has 23 heavy (non-hydrogen) atoms. The van der Waals surface area contributed by atoms with E-state index in [0.29, 0.717) is 0 Å². The number of fused-ring (bicyclic) bond motifs is 2. The van der Waals surface area contributed by atoms with Crippen LogP contribution in [0.15, 0.2) is 65.9 Å². The normalized spacial score (nSPS) is 12.0. The van der Waals surface area contributed by atoms with Gasteiger partial charge in [-0.05, 0) is 30.5 Å². The highest BCUT2D eigenvalue weighted by atomic mass is 32.1. The van der Waals surface area contributed by atoms with Gasteiger partial charge in [0.05, 0.1) is 21.6 Å². The number of nitrogens with zero attached hydrogens (tertiary/aromatic N) is 3. The zero-order valence-electron chi connectivity index (χ0n) is 12.5. The fourth-order valence-electron chi connectivity index (χ4n) is 2.39. The lowest BCUT2D eigenvalue weighted by atomic mass is 10.1. The lowest BCUT2D eigenvalue weighted by Gasteiger charge is -2.02. The molecule has 0 aliphatic heterocycles. The first-order valence-corrected chi connectivity index (χ1v) is 8.12. The Morgan fingerprint density at radius 1 is 1.04 bits per heavy atom. The Hall–Kier alpha value is -2.79. The highest BCUT2D eigenvalue weighted by Gasteiger charge is 2.04. The van der Waals surface area contributed by atoms with E-state index in [4.69, 9.17) is 0 Å². The molecule has 5 heteroatoms. The molecule has 0 fully saturated rings. The van der Waals surface area contributed by atoms with Crippen molar-refractivity contribution in [1.82, 2.24) is 9.97 Å². The van der Waals surface area contributed by atoms with E-state index in [1.165, 1.54) is 0 Å². The van der Waals surface area contributed by atoms with Crippen LogP contribution in [0.5, 0.6) is 0 Å². The third kappa shape index (κ3) is 2.78. The quantitative estimate of drug-likeness (QED) is 0.441. The van der Waals surface area contributed by atoms with Crippen LogP contribution in [-0.2, 0) is 0 Å². The van der Waals surface area contributed by atoms with Crippen LogP contribution in [0.4, 0.5) is 5.13 Å². The van der Waals surface area contributed by atoms with Crippen molar-refractivity contribution < 1.29 is 0 Å². The molecule has 4 rings (SSSR count). The van der Waals surface area contributed by atoms with E-state index in [-0.39, 0.29) is 0 Å². The smallest absolute Gasteiger partial charge is 0.204 e. The second-order valence-electron chi connectivity index (χ2n) is 5.21. The summed E-state index contributed by atoms with van der Waals surface area (Å²) in [5, 5.41) is 7.49. The van der Waals surface area contributed by atoms with Gasteiger partial charge in [0.15, 0.2) is 0 Å². The molecule has 0 saturated carbocycles. The number of thiazole rings is 1. The highest BCUT2D eigenvalue weighted by Crippen LogP contribution is 2.25. The van der Waals surface area contributed by atoms with E-state index in [9.17, 15) is 0 Å². The van der Waals surface area contributed by atoms with E-state index in [1.54, 1.807) is 11.3 Å². The summed E-state index contributed by atoms with van der Waals surface area (Å²) in [5.41, 5.74) is 5.71. The lowest BCUT2D eigenvalue weighted by Crippen LogP contribution is -2.02. The molecule has 112 valence electrons. The number of benzene rings is 2. The minimum atomic E-state index is 0.784. The average Bonchev–Trinajstić information content (AvgIpc) is 3.02. The molecule has 4 aromatic rings. The van der Waals surface area contributed by atoms with E-state index in [1.807, 2.05) is 49.5 Å². The third-order valence-electron chi connectivity index (χ3n) is 3.61. The van der Waals surface area contributed by atoms with Gasteiger partial charge in [0.25, 0.3) is 0 Å². The molecule has 1 N–H and O–H groups in total. The Bertz CT molecular complexity index is 987. The van der Waals surface area contributed by atoms with Gasteiger partial charge >= 0.3 is 0 Å². The number of aromatic nitrogens is 2. The van der Waals surface area contributed by atoms with Crippen LogP contribution in [0.2, 0.25) is 0 Å². The topological polar surface area (TPSA) is 50.2 Å². The van der Waals surface area contributed by atoms with Crippen LogP contribution >= 0.6 is 11.3 Å². The van der Waals surface area contributed by atoms with Crippen molar-refractivity contribution in [3.8, 4) is 0 Å². The number of hydrogen-bond acceptors (Lipinski definition) is 5. The van der Waals surface area contributed by atoms with Crippen LogP contribution in [0.3, 0.4) is 0 Å². The van der Waals surface area contributed by atoms with Crippen molar-refractivity contribution in [3.05, 3.63) is 66.5 Å². The maximum Gasteiger partial charge on any atom is 0.204 e. The summed E-state index contributed by atoms with van der Waals surface area (Å²) >= 11 is 1.59. The summed E-state index contributed by atoms with van der Waals surface area (Å²) in [4.78, 5) is 8.98. The first kappa shape index (κ1) is 13.8. The van der Waals surface area contributed by atoms with E-state index in [2.05, 4.69) is 38.7 Å². The number of anilines is 1. The van der Waals surface area contributed by atoms with E-state index < -0.39 is 0 Å². The average molecular weight is 318 g/mol. The molecule has 0 radical (unpaired) electrons. The Balaban J connectivity index is 1.61. The summed E-state index contributed by atoms with van der Waals surface area (Å²) < 4.78 is 1.15. The van der Waals surface area contributed by atoms with Crippen molar-refractivity contribution >= 4 is 43.2 Å². The Kier molecular flexibility index (Phi) is 3.48. The standard InChI is InChI=1S/C18H14N4S/c1-12(16-10-13-6-2-3-7-14(13)11-19-16)21-22-18-20-15-8-4-5-9-17(15)23-18/h2-11H,1H3,(H,20,22)/b21-12+. The van der Waals surface area contributed by atoms with Gasteiger partial charge in [-0.15, -0.1) is 0 Å². The van der Waals surface area contributed by atoms with Gasteiger partial charge in [0, 0.05) is 11.6 Å². The summed E-state index contributed by atoms with van der Waals surface area (Å²) in [6.45, 7) is 1.94. The number of hydrogen-bond donors (Lipinski definition) is 1. The molecular formula is C18H14N4S.